The van der Waals surface area contributed by atoms with Crippen LogP contribution in [-0.2, 0) is 11.3 Å². The van der Waals surface area contributed by atoms with E-state index in [9.17, 15) is 4.79 Å². The van der Waals surface area contributed by atoms with Gasteiger partial charge in [0.05, 0.1) is 12.2 Å². The summed E-state index contributed by atoms with van der Waals surface area (Å²) < 4.78 is 0. The third-order valence-corrected chi connectivity index (χ3v) is 5.59. The average Bonchev–Trinajstić information content (AvgIpc) is 3.27. The van der Waals surface area contributed by atoms with Crippen molar-refractivity contribution in [3.8, 4) is 11.3 Å². The van der Waals surface area contributed by atoms with Gasteiger partial charge in [0.2, 0.25) is 5.91 Å². The highest BCUT2D eigenvalue weighted by Crippen LogP contribution is 2.28. The fraction of sp³-hybridized carbons (Fsp3) is 0.125. The Kier molecular flexibility index (Phi) is 6.07. The molecule has 0 spiro atoms. The van der Waals surface area contributed by atoms with Crippen LogP contribution in [0.15, 0.2) is 90.6 Å². The Morgan fingerprint density at radius 2 is 1.62 bits per heavy atom. The summed E-state index contributed by atoms with van der Waals surface area (Å²) in [5, 5.41) is 5.90. The first kappa shape index (κ1) is 19.0. The lowest BCUT2D eigenvalue weighted by molar-refractivity contribution is -0.121. The molecular formula is C24H21N3OS. The van der Waals surface area contributed by atoms with Crippen LogP contribution in [0.25, 0.3) is 11.3 Å². The Bertz CT molecular complexity index is 1010. The quantitative estimate of drug-likeness (QED) is 0.473. The van der Waals surface area contributed by atoms with Gasteiger partial charge in [-0.25, -0.2) is 4.98 Å². The molecule has 144 valence electrons. The number of hydrogen-bond acceptors (Lipinski definition) is 4. The highest BCUT2D eigenvalue weighted by molar-refractivity contribution is 7.09. The van der Waals surface area contributed by atoms with Crippen molar-refractivity contribution in [3.63, 3.8) is 0 Å². The van der Waals surface area contributed by atoms with E-state index in [1.165, 1.54) is 0 Å². The van der Waals surface area contributed by atoms with Gasteiger partial charge in [0, 0.05) is 35.7 Å². The SMILES string of the molecule is O=C(CC(c1ccccc1)c1ccccc1)NCc1nc(-c2cccnc2)cs1. The molecule has 0 aliphatic carbocycles. The molecule has 4 aromatic rings. The van der Waals surface area contributed by atoms with Gasteiger partial charge >= 0.3 is 0 Å². The second-order valence-electron chi connectivity index (χ2n) is 6.72. The molecule has 0 atom stereocenters. The maximum Gasteiger partial charge on any atom is 0.221 e. The molecule has 29 heavy (non-hydrogen) atoms. The van der Waals surface area contributed by atoms with E-state index < -0.39 is 0 Å². The minimum Gasteiger partial charge on any atom is -0.350 e. The lowest BCUT2D eigenvalue weighted by atomic mass is 9.88. The van der Waals surface area contributed by atoms with Crippen molar-refractivity contribution in [2.75, 3.05) is 0 Å². The molecule has 5 heteroatoms. The molecule has 0 fully saturated rings. The lowest BCUT2D eigenvalue weighted by Gasteiger charge is -2.17. The summed E-state index contributed by atoms with van der Waals surface area (Å²) >= 11 is 1.54. The lowest BCUT2D eigenvalue weighted by Crippen LogP contribution is -2.25. The molecule has 4 rings (SSSR count). The number of nitrogens with zero attached hydrogens (tertiary/aromatic N) is 2. The smallest absolute Gasteiger partial charge is 0.221 e. The summed E-state index contributed by atoms with van der Waals surface area (Å²) in [4.78, 5) is 21.4. The largest absolute Gasteiger partial charge is 0.350 e. The third-order valence-electron chi connectivity index (χ3n) is 4.74. The number of carbonyl (C=O) groups is 1. The summed E-state index contributed by atoms with van der Waals surface area (Å²) in [6.07, 6.45) is 3.93. The first-order valence-electron chi connectivity index (χ1n) is 9.51. The second-order valence-corrected chi connectivity index (χ2v) is 7.67. The van der Waals surface area contributed by atoms with Crippen LogP contribution in [0.5, 0.6) is 0 Å². The van der Waals surface area contributed by atoms with Crippen LogP contribution >= 0.6 is 11.3 Å². The van der Waals surface area contributed by atoms with Gasteiger partial charge in [-0.1, -0.05) is 60.7 Å². The van der Waals surface area contributed by atoms with Gasteiger partial charge in [0.15, 0.2) is 0 Å². The predicted molar refractivity (Wildman–Crippen MR) is 117 cm³/mol. The van der Waals surface area contributed by atoms with Crippen LogP contribution in [0.4, 0.5) is 0 Å². The Morgan fingerprint density at radius 3 is 2.24 bits per heavy atom. The first-order valence-corrected chi connectivity index (χ1v) is 10.4. The fourth-order valence-corrected chi connectivity index (χ4v) is 4.01. The van der Waals surface area contributed by atoms with E-state index in [0.717, 1.165) is 27.4 Å². The Labute approximate surface area is 174 Å². The first-order chi connectivity index (χ1) is 14.3. The number of nitrogens with one attached hydrogen (secondary N) is 1. The number of hydrogen-bond donors (Lipinski definition) is 1. The molecule has 1 amide bonds. The van der Waals surface area contributed by atoms with Crippen LogP contribution in [0.2, 0.25) is 0 Å². The summed E-state index contributed by atoms with van der Waals surface area (Å²) in [6, 6.07) is 24.2. The molecule has 0 aliphatic heterocycles. The topological polar surface area (TPSA) is 54.9 Å². The molecule has 2 aromatic carbocycles. The van der Waals surface area contributed by atoms with Crippen LogP contribution in [0.1, 0.15) is 28.5 Å². The van der Waals surface area contributed by atoms with Crippen molar-refractivity contribution in [3.05, 3.63) is 107 Å². The summed E-state index contributed by atoms with van der Waals surface area (Å²) in [5.41, 5.74) is 4.15. The molecule has 0 saturated carbocycles. The summed E-state index contributed by atoms with van der Waals surface area (Å²) in [6.45, 7) is 0.431. The molecular weight excluding hydrogens is 378 g/mol. The molecule has 4 nitrogen and oxygen atoms in total. The van der Waals surface area contributed by atoms with Crippen LogP contribution < -0.4 is 5.32 Å². The van der Waals surface area contributed by atoms with Gasteiger partial charge in [-0.05, 0) is 23.3 Å². The number of rotatable bonds is 7. The average molecular weight is 400 g/mol. The summed E-state index contributed by atoms with van der Waals surface area (Å²) in [5.74, 6) is 0.0421. The van der Waals surface area contributed by atoms with E-state index in [4.69, 9.17) is 0 Å². The second kappa shape index (κ2) is 9.26. The minimum atomic E-state index is 0.0147. The van der Waals surface area contributed by atoms with E-state index in [-0.39, 0.29) is 11.8 Å². The fourth-order valence-electron chi connectivity index (χ4n) is 3.27. The van der Waals surface area contributed by atoms with Crippen molar-refractivity contribution in [2.45, 2.75) is 18.9 Å². The monoisotopic (exact) mass is 399 g/mol. The number of benzene rings is 2. The predicted octanol–water partition coefficient (Wildman–Crippen LogP) is 5.04. The number of pyridine rings is 1. The van der Waals surface area contributed by atoms with Gasteiger partial charge in [-0.2, -0.15) is 0 Å². The van der Waals surface area contributed by atoms with Crippen LogP contribution in [0, 0.1) is 0 Å². The van der Waals surface area contributed by atoms with E-state index in [1.54, 1.807) is 23.7 Å². The van der Waals surface area contributed by atoms with Crippen molar-refractivity contribution in [2.24, 2.45) is 0 Å². The number of amides is 1. The zero-order chi connectivity index (χ0) is 19.9. The molecule has 0 radical (unpaired) electrons. The Hall–Kier alpha value is -3.31. The maximum absolute atomic E-state index is 12.7. The number of aromatic nitrogens is 2. The van der Waals surface area contributed by atoms with Crippen molar-refractivity contribution in [1.29, 1.82) is 0 Å². The maximum atomic E-state index is 12.7. The zero-order valence-corrected chi connectivity index (χ0v) is 16.7. The zero-order valence-electron chi connectivity index (χ0n) is 15.9. The highest BCUT2D eigenvalue weighted by atomic mass is 32.1. The van der Waals surface area contributed by atoms with Gasteiger partial charge < -0.3 is 5.32 Å². The van der Waals surface area contributed by atoms with E-state index in [1.807, 2.05) is 53.9 Å². The van der Waals surface area contributed by atoms with Gasteiger partial charge in [-0.15, -0.1) is 11.3 Å². The minimum absolute atomic E-state index is 0.0147. The molecule has 0 saturated heterocycles. The Balaban J connectivity index is 1.42. The van der Waals surface area contributed by atoms with Crippen molar-refractivity contribution in [1.82, 2.24) is 15.3 Å². The normalized spacial score (nSPS) is 10.8. The van der Waals surface area contributed by atoms with Crippen LogP contribution in [0.3, 0.4) is 0 Å². The molecule has 0 aliphatic rings. The van der Waals surface area contributed by atoms with E-state index in [0.29, 0.717) is 13.0 Å². The molecule has 1 N–H and O–H groups in total. The molecule has 2 aromatic heterocycles. The van der Waals surface area contributed by atoms with E-state index in [2.05, 4.69) is 39.6 Å². The number of thiazole rings is 1. The van der Waals surface area contributed by atoms with Gasteiger partial charge in [0.1, 0.15) is 5.01 Å². The standard InChI is InChI=1S/C24H21N3OS/c28-23(26-16-24-27-22(17-29-24)20-12-7-13-25-15-20)14-21(18-8-3-1-4-9-18)19-10-5-2-6-11-19/h1-13,15,17,21H,14,16H2,(H,26,28). The van der Waals surface area contributed by atoms with Crippen molar-refractivity contribution < 1.29 is 4.79 Å². The van der Waals surface area contributed by atoms with Gasteiger partial charge in [0.25, 0.3) is 0 Å². The summed E-state index contributed by atoms with van der Waals surface area (Å²) in [7, 11) is 0. The number of carbonyl (C=O) groups excluding carboxylic acids is 1. The van der Waals surface area contributed by atoms with E-state index >= 15 is 0 Å². The van der Waals surface area contributed by atoms with Crippen molar-refractivity contribution >= 4 is 17.2 Å². The van der Waals surface area contributed by atoms with Gasteiger partial charge in [-0.3, -0.25) is 9.78 Å². The third kappa shape index (κ3) is 4.95. The highest BCUT2D eigenvalue weighted by Gasteiger charge is 2.18. The molecule has 0 bridgehead atoms. The Morgan fingerprint density at radius 1 is 0.931 bits per heavy atom. The molecule has 2 heterocycles. The molecule has 0 unspecified atom stereocenters. The van der Waals surface area contributed by atoms with Crippen LogP contribution in [-0.4, -0.2) is 15.9 Å².